The summed E-state index contributed by atoms with van der Waals surface area (Å²) in [5, 5.41) is 6.27. The van der Waals surface area contributed by atoms with Gasteiger partial charge in [0.2, 0.25) is 0 Å². The van der Waals surface area contributed by atoms with Crippen molar-refractivity contribution in [3.05, 3.63) is 27.8 Å². The van der Waals surface area contributed by atoms with Crippen molar-refractivity contribution in [2.24, 2.45) is 0 Å². The zero-order chi connectivity index (χ0) is 12.3. The molecule has 0 aliphatic carbocycles. The lowest BCUT2D eigenvalue weighted by atomic mass is 10.2. The molecule has 0 spiro atoms. The number of anilines is 1. The molecule has 1 saturated heterocycles. The number of hydrogen-bond acceptors (Lipinski definition) is 2. The van der Waals surface area contributed by atoms with E-state index >= 15 is 0 Å². The molecular formula is C12H16IN3O. The van der Waals surface area contributed by atoms with Crippen molar-refractivity contribution in [2.75, 3.05) is 25.0 Å². The van der Waals surface area contributed by atoms with Crippen molar-refractivity contribution in [1.29, 1.82) is 0 Å². The van der Waals surface area contributed by atoms with Crippen LogP contribution in [0, 0.1) is 3.57 Å². The van der Waals surface area contributed by atoms with Gasteiger partial charge >= 0.3 is 6.03 Å². The third-order valence-electron chi connectivity index (χ3n) is 2.77. The Labute approximate surface area is 115 Å². The largest absolute Gasteiger partial charge is 0.322 e. The van der Waals surface area contributed by atoms with Crippen LogP contribution < -0.4 is 10.6 Å². The predicted molar refractivity (Wildman–Crippen MR) is 77.2 cm³/mol. The number of benzene rings is 1. The fourth-order valence-corrected chi connectivity index (χ4v) is 2.40. The third kappa shape index (κ3) is 3.32. The van der Waals surface area contributed by atoms with Crippen molar-refractivity contribution in [3.63, 3.8) is 0 Å². The van der Waals surface area contributed by atoms with E-state index in [4.69, 9.17) is 0 Å². The zero-order valence-corrected chi connectivity index (χ0v) is 11.9. The summed E-state index contributed by atoms with van der Waals surface area (Å²) in [6, 6.07) is 8.15. The summed E-state index contributed by atoms with van der Waals surface area (Å²) < 4.78 is 1.06. The number of nitrogens with zero attached hydrogens (tertiary/aromatic N) is 1. The number of hydrogen-bond donors (Lipinski definition) is 2. The molecule has 1 atom stereocenters. The number of carbonyl (C=O) groups excluding carboxylic acids is 1. The van der Waals surface area contributed by atoms with E-state index < -0.39 is 0 Å². The number of carbonyl (C=O) groups is 1. The van der Waals surface area contributed by atoms with Gasteiger partial charge < -0.3 is 15.5 Å². The van der Waals surface area contributed by atoms with Gasteiger partial charge in [-0.05, 0) is 41.6 Å². The Morgan fingerprint density at radius 2 is 2.29 bits per heavy atom. The monoisotopic (exact) mass is 345 g/mol. The van der Waals surface area contributed by atoms with Gasteiger partial charge in [-0.25, -0.2) is 4.79 Å². The highest BCUT2D eigenvalue weighted by Gasteiger charge is 2.20. The summed E-state index contributed by atoms with van der Waals surface area (Å²) in [5.74, 6) is 0. The van der Waals surface area contributed by atoms with Crippen LogP contribution in [0.3, 0.4) is 0 Å². The van der Waals surface area contributed by atoms with Crippen LogP contribution in [-0.2, 0) is 0 Å². The summed E-state index contributed by atoms with van der Waals surface area (Å²) in [4.78, 5) is 13.9. The fraction of sp³-hybridized carbons (Fsp3) is 0.417. The van der Waals surface area contributed by atoms with E-state index in [1.807, 2.05) is 29.2 Å². The number of para-hydroxylation sites is 1. The highest BCUT2D eigenvalue weighted by atomic mass is 127. The number of halogens is 1. The lowest BCUT2D eigenvalue weighted by molar-refractivity contribution is 0.192. The lowest BCUT2D eigenvalue weighted by Crippen LogP contribution is -2.52. The second kappa shape index (κ2) is 5.68. The molecule has 92 valence electrons. The molecule has 1 aliphatic heterocycles. The number of rotatable bonds is 1. The standard InChI is InChI=1S/C12H16IN3O/c1-9-8-16(7-6-14-9)12(17)15-11-5-3-2-4-10(11)13/h2-5,9,14H,6-8H2,1H3,(H,15,17)/t9-/m1/s1. The molecule has 1 aromatic rings. The van der Waals surface area contributed by atoms with E-state index in [2.05, 4.69) is 40.1 Å². The van der Waals surface area contributed by atoms with Crippen molar-refractivity contribution in [3.8, 4) is 0 Å². The molecule has 0 bridgehead atoms. The maximum absolute atomic E-state index is 12.0. The highest BCUT2D eigenvalue weighted by Crippen LogP contribution is 2.17. The first kappa shape index (κ1) is 12.6. The molecule has 2 rings (SSSR count). The van der Waals surface area contributed by atoms with E-state index in [9.17, 15) is 4.79 Å². The molecule has 0 radical (unpaired) electrons. The van der Waals surface area contributed by atoms with Gasteiger partial charge in [0.15, 0.2) is 0 Å². The van der Waals surface area contributed by atoms with Gasteiger partial charge in [0, 0.05) is 29.2 Å². The second-order valence-corrected chi connectivity index (χ2v) is 5.37. The average molecular weight is 345 g/mol. The summed E-state index contributed by atoms with van der Waals surface area (Å²) in [6.07, 6.45) is 0. The van der Waals surface area contributed by atoms with Crippen LogP contribution in [-0.4, -0.2) is 36.6 Å². The Balaban J connectivity index is 1.99. The van der Waals surface area contributed by atoms with Crippen LogP contribution in [0.2, 0.25) is 0 Å². The van der Waals surface area contributed by atoms with Gasteiger partial charge in [-0.1, -0.05) is 12.1 Å². The number of nitrogens with one attached hydrogen (secondary N) is 2. The van der Waals surface area contributed by atoms with Crippen molar-refractivity contribution < 1.29 is 4.79 Å². The van der Waals surface area contributed by atoms with Crippen LogP contribution in [0.25, 0.3) is 0 Å². The smallest absolute Gasteiger partial charge is 0.321 e. The molecular weight excluding hydrogens is 329 g/mol. The molecule has 2 amide bonds. The Morgan fingerprint density at radius 1 is 1.53 bits per heavy atom. The molecule has 0 unspecified atom stereocenters. The SMILES string of the molecule is C[C@@H]1CN(C(=O)Nc2ccccc2I)CCN1. The molecule has 4 nitrogen and oxygen atoms in total. The molecule has 5 heteroatoms. The van der Waals surface area contributed by atoms with Crippen LogP contribution in [0.4, 0.5) is 10.5 Å². The van der Waals surface area contributed by atoms with Crippen LogP contribution in [0.1, 0.15) is 6.92 Å². The van der Waals surface area contributed by atoms with Gasteiger partial charge in [-0.2, -0.15) is 0 Å². The van der Waals surface area contributed by atoms with Gasteiger partial charge in [0.05, 0.1) is 5.69 Å². The normalized spacial score (nSPS) is 20.1. The molecule has 2 N–H and O–H groups in total. The van der Waals surface area contributed by atoms with Gasteiger partial charge in [-0.15, -0.1) is 0 Å². The lowest BCUT2D eigenvalue weighted by Gasteiger charge is -2.31. The van der Waals surface area contributed by atoms with Gasteiger partial charge in [-0.3, -0.25) is 0 Å². The van der Waals surface area contributed by atoms with E-state index in [1.165, 1.54) is 0 Å². The van der Waals surface area contributed by atoms with E-state index in [0.717, 1.165) is 28.9 Å². The quantitative estimate of drug-likeness (QED) is 0.766. The van der Waals surface area contributed by atoms with Crippen LogP contribution >= 0.6 is 22.6 Å². The average Bonchev–Trinajstić information content (AvgIpc) is 2.32. The van der Waals surface area contributed by atoms with Crippen LogP contribution in [0.5, 0.6) is 0 Å². The summed E-state index contributed by atoms with van der Waals surface area (Å²) in [6.45, 7) is 4.47. The Bertz CT molecular complexity index is 410. The fourth-order valence-electron chi connectivity index (χ4n) is 1.87. The van der Waals surface area contributed by atoms with Gasteiger partial charge in [0.25, 0.3) is 0 Å². The predicted octanol–water partition coefficient (Wildman–Crippen LogP) is 2.12. The summed E-state index contributed by atoms with van der Waals surface area (Å²) >= 11 is 2.22. The minimum atomic E-state index is -0.0116. The topological polar surface area (TPSA) is 44.4 Å². The zero-order valence-electron chi connectivity index (χ0n) is 9.74. The minimum absolute atomic E-state index is 0.0116. The number of piperazine rings is 1. The molecule has 0 aromatic heterocycles. The highest BCUT2D eigenvalue weighted by molar-refractivity contribution is 14.1. The molecule has 0 saturated carbocycles. The number of amides is 2. The third-order valence-corrected chi connectivity index (χ3v) is 3.71. The molecule has 1 fully saturated rings. The van der Waals surface area contributed by atoms with Crippen molar-refractivity contribution in [2.45, 2.75) is 13.0 Å². The van der Waals surface area contributed by atoms with Crippen LogP contribution in [0.15, 0.2) is 24.3 Å². The number of urea groups is 1. The second-order valence-electron chi connectivity index (χ2n) is 4.21. The Kier molecular flexibility index (Phi) is 4.22. The Morgan fingerprint density at radius 3 is 3.00 bits per heavy atom. The first-order valence-corrected chi connectivity index (χ1v) is 6.78. The first-order valence-electron chi connectivity index (χ1n) is 5.70. The molecule has 1 aromatic carbocycles. The van der Waals surface area contributed by atoms with E-state index in [0.29, 0.717) is 6.04 Å². The van der Waals surface area contributed by atoms with Gasteiger partial charge in [0.1, 0.15) is 0 Å². The molecule has 1 aliphatic rings. The molecule has 17 heavy (non-hydrogen) atoms. The van der Waals surface area contributed by atoms with E-state index in [-0.39, 0.29) is 6.03 Å². The first-order chi connectivity index (χ1) is 8.16. The maximum Gasteiger partial charge on any atom is 0.321 e. The Hall–Kier alpha value is -0.820. The van der Waals surface area contributed by atoms with Crippen molar-refractivity contribution >= 4 is 34.3 Å². The minimum Gasteiger partial charge on any atom is -0.322 e. The van der Waals surface area contributed by atoms with Crippen molar-refractivity contribution in [1.82, 2.24) is 10.2 Å². The maximum atomic E-state index is 12.0. The summed E-state index contributed by atoms with van der Waals surface area (Å²) in [5.41, 5.74) is 0.879. The molecule has 1 heterocycles. The summed E-state index contributed by atoms with van der Waals surface area (Å²) in [7, 11) is 0. The van der Waals surface area contributed by atoms with E-state index in [1.54, 1.807) is 0 Å².